The van der Waals surface area contributed by atoms with E-state index in [0.29, 0.717) is 6.04 Å². The van der Waals surface area contributed by atoms with Crippen LogP contribution < -0.4 is 5.32 Å². The first kappa shape index (κ1) is 13.9. The van der Waals surface area contributed by atoms with Gasteiger partial charge >= 0.3 is 0 Å². The van der Waals surface area contributed by atoms with Gasteiger partial charge in [-0.3, -0.25) is 0 Å². The predicted molar refractivity (Wildman–Crippen MR) is 84.1 cm³/mol. The van der Waals surface area contributed by atoms with Crippen molar-refractivity contribution in [1.82, 2.24) is 14.9 Å². The van der Waals surface area contributed by atoms with Crippen LogP contribution in [0.1, 0.15) is 25.4 Å². The molecule has 0 saturated carbocycles. The normalized spacial score (nSPS) is 12.9. The molecule has 0 spiro atoms. The summed E-state index contributed by atoms with van der Waals surface area (Å²) < 4.78 is 7.65. The zero-order valence-corrected chi connectivity index (χ0v) is 12.5. The topological polar surface area (TPSA) is 43.0 Å². The molecule has 2 heterocycles. The molecule has 0 aliphatic carbocycles. The number of hydrogen-bond acceptors (Lipinski definition) is 3. The summed E-state index contributed by atoms with van der Waals surface area (Å²) in [4.78, 5) is 4.73. The van der Waals surface area contributed by atoms with Crippen LogP contribution in [-0.4, -0.2) is 15.6 Å². The Morgan fingerprint density at radius 2 is 2.10 bits per heavy atom. The molecule has 0 radical (unpaired) electrons. The molecule has 0 fully saturated rings. The van der Waals surface area contributed by atoms with Crippen LogP contribution in [0.3, 0.4) is 0 Å². The van der Waals surface area contributed by atoms with Gasteiger partial charge < -0.3 is 14.3 Å². The Balaban J connectivity index is 1.70. The first-order valence-corrected chi connectivity index (χ1v) is 7.48. The molecule has 2 aromatic heterocycles. The number of imidazole rings is 1. The van der Waals surface area contributed by atoms with Gasteiger partial charge in [-0.15, -0.1) is 0 Å². The highest BCUT2D eigenvalue weighted by atomic mass is 16.3. The Morgan fingerprint density at radius 1 is 1.24 bits per heavy atom. The lowest BCUT2D eigenvalue weighted by atomic mass is 10.2. The molecular weight excluding hydrogens is 262 g/mol. The van der Waals surface area contributed by atoms with Crippen molar-refractivity contribution in [2.24, 2.45) is 0 Å². The highest BCUT2D eigenvalue weighted by Crippen LogP contribution is 2.16. The lowest BCUT2D eigenvalue weighted by molar-refractivity contribution is 0.450. The minimum Gasteiger partial charge on any atom is -0.469 e. The summed E-state index contributed by atoms with van der Waals surface area (Å²) in [5, 5.41) is 3.53. The van der Waals surface area contributed by atoms with E-state index >= 15 is 0 Å². The number of fused-ring (bicyclic) bond motifs is 1. The van der Waals surface area contributed by atoms with Gasteiger partial charge in [-0.05, 0) is 38.1 Å². The van der Waals surface area contributed by atoms with Crippen molar-refractivity contribution in [3.05, 3.63) is 54.2 Å². The van der Waals surface area contributed by atoms with Crippen LogP contribution in [0.2, 0.25) is 0 Å². The van der Waals surface area contributed by atoms with Crippen LogP contribution >= 0.6 is 0 Å². The van der Waals surface area contributed by atoms with Gasteiger partial charge in [-0.25, -0.2) is 4.98 Å². The largest absolute Gasteiger partial charge is 0.469 e. The molecule has 4 heteroatoms. The van der Waals surface area contributed by atoms with Gasteiger partial charge in [-0.1, -0.05) is 12.1 Å². The third kappa shape index (κ3) is 3.00. The summed E-state index contributed by atoms with van der Waals surface area (Å²) in [5.41, 5.74) is 2.27. The standard InChI is InChI=1S/C17H21N3O/c1-3-20-16-9-5-4-8-15(16)19-17(20)12-18-13(2)11-14-7-6-10-21-14/h4-10,13,18H,3,11-12H2,1-2H3. The van der Waals surface area contributed by atoms with E-state index in [2.05, 4.69) is 41.9 Å². The van der Waals surface area contributed by atoms with Crippen LogP contribution in [-0.2, 0) is 19.5 Å². The number of rotatable bonds is 6. The van der Waals surface area contributed by atoms with E-state index in [9.17, 15) is 0 Å². The molecule has 4 nitrogen and oxygen atoms in total. The molecule has 1 aromatic carbocycles. The molecule has 1 N–H and O–H groups in total. The van der Waals surface area contributed by atoms with E-state index in [1.54, 1.807) is 6.26 Å². The van der Waals surface area contributed by atoms with Crippen molar-refractivity contribution in [3.8, 4) is 0 Å². The summed E-state index contributed by atoms with van der Waals surface area (Å²) in [5.74, 6) is 2.10. The predicted octanol–water partition coefficient (Wildman–Crippen LogP) is 3.37. The summed E-state index contributed by atoms with van der Waals surface area (Å²) in [7, 11) is 0. The second kappa shape index (κ2) is 6.14. The van der Waals surface area contributed by atoms with Gasteiger partial charge in [0, 0.05) is 19.0 Å². The monoisotopic (exact) mass is 283 g/mol. The second-order valence-electron chi connectivity index (χ2n) is 5.33. The van der Waals surface area contributed by atoms with E-state index < -0.39 is 0 Å². The van der Waals surface area contributed by atoms with Crippen molar-refractivity contribution < 1.29 is 4.42 Å². The maximum atomic E-state index is 5.39. The number of nitrogens with one attached hydrogen (secondary N) is 1. The number of nitrogens with zero attached hydrogens (tertiary/aromatic N) is 2. The average molecular weight is 283 g/mol. The number of furan rings is 1. The van der Waals surface area contributed by atoms with Crippen molar-refractivity contribution >= 4 is 11.0 Å². The lowest BCUT2D eigenvalue weighted by Gasteiger charge is -2.13. The van der Waals surface area contributed by atoms with E-state index in [0.717, 1.165) is 36.6 Å². The summed E-state index contributed by atoms with van der Waals surface area (Å²) >= 11 is 0. The van der Waals surface area contributed by atoms with Gasteiger partial charge in [0.15, 0.2) is 0 Å². The first-order chi connectivity index (χ1) is 10.3. The zero-order valence-electron chi connectivity index (χ0n) is 12.5. The van der Waals surface area contributed by atoms with Gasteiger partial charge in [0.25, 0.3) is 0 Å². The maximum Gasteiger partial charge on any atom is 0.123 e. The van der Waals surface area contributed by atoms with Crippen LogP contribution in [0, 0.1) is 0 Å². The molecule has 110 valence electrons. The smallest absolute Gasteiger partial charge is 0.123 e. The van der Waals surface area contributed by atoms with Crippen LogP contribution in [0.5, 0.6) is 0 Å². The molecule has 1 atom stereocenters. The Morgan fingerprint density at radius 3 is 2.86 bits per heavy atom. The first-order valence-electron chi connectivity index (χ1n) is 7.48. The number of para-hydroxylation sites is 2. The Hall–Kier alpha value is -2.07. The number of aryl methyl sites for hydroxylation is 1. The summed E-state index contributed by atoms with van der Waals surface area (Å²) in [6.07, 6.45) is 2.61. The molecule has 0 aliphatic heterocycles. The number of benzene rings is 1. The van der Waals surface area contributed by atoms with E-state index in [4.69, 9.17) is 9.40 Å². The second-order valence-corrected chi connectivity index (χ2v) is 5.33. The molecule has 0 saturated heterocycles. The summed E-state index contributed by atoms with van der Waals surface area (Å²) in [6.45, 7) is 6.03. The third-order valence-electron chi connectivity index (χ3n) is 3.75. The van der Waals surface area contributed by atoms with Gasteiger partial charge in [0.05, 0.1) is 23.8 Å². The molecule has 1 unspecified atom stereocenters. The highest BCUT2D eigenvalue weighted by Gasteiger charge is 2.11. The minimum absolute atomic E-state index is 0.348. The van der Waals surface area contributed by atoms with Gasteiger partial charge in [0.1, 0.15) is 11.6 Å². The molecule has 0 amide bonds. The van der Waals surface area contributed by atoms with Crippen molar-refractivity contribution in [2.45, 2.75) is 39.4 Å². The summed E-state index contributed by atoms with van der Waals surface area (Å²) in [6, 6.07) is 12.6. The minimum atomic E-state index is 0.348. The molecule has 3 rings (SSSR count). The van der Waals surface area contributed by atoms with Crippen LogP contribution in [0.15, 0.2) is 47.1 Å². The Bertz CT molecular complexity index is 700. The van der Waals surface area contributed by atoms with E-state index in [1.165, 1.54) is 5.52 Å². The Labute approximate surface area is 124 Å². The zero-order chi connectivity index (χ0) is 14.7. The number of hydrogen-bond donors (Lipinski definition) is 1. The van der Waals surface area contributed by atoms with Crippen LogP contribution in [0.4, 0.5) is 0 Å². The lowest BCUT2D eigenvalue weighted by Crippen LogP contribution is -2.28. The number of aromatic nitrogens is 2. The van der Waals surface area contributed by atoms with Crippen molar-refractivity contribution in [1.29, 1.82) is 0 Å². The molecule has 0 aliphatic rings. The maximum absolute atomic E-state index is 5.39. The quantitative estimate of drug-likeness (QED) is 0.754. The average Bonchev–Trinajstić information content (AvgIpc) is 3.11. The molecule has 21 heavy (non-hydrogen) atoms. The van der Waals surface area contributed by atoms with E-state index in [-0.39, 0.29) is 0 Å². The third-order valence-corrected chi connectivity index (χ3v) is 3.75. The van der Waals surface area contributed by atoms with Crippen molar-refractivity contribution in [2.75, 3.05) is 0 Å². The highest BCUT2D eigenvalue weighted by molar-refractivity contribution is 5.75. The fourth-order valence-corrected chi connectivity index (χ4v) is 2.68. The van der Waals surface area contributed by atoms with Gasteiger partial charge in [-0.2, -0.15) is 0 Å². The van der Waals surface area contributed by atoms with Gasteiger partial charge in [0.2, 0.25) is 0 Å². The molecule has 3 aromatic rings. The SMILES string of the molecule is CCn1c(CNC(C)Cc2ccco2)nc2ccccc21. The van der Waals surface area contributed by atoms with Crippen molar-refractivity contribution in [3.63, 3.8) is 0 Å². The van der Waals surface area contributed by atoms with Crippen LogP contribution in [0.25, 0.3) is 11.0 Å². The molecule has 0 bridgehead atoms. The fourth-order valence-electron chi connectivity index (χ4n) is 2.68. The molecular formula is C17H21N3O. The van der Waals surface area contributed by atoms with E-state index in [1.807, 2.05) is 18.2 Å². The Kier molecular flexibility index (Phi) is 4.06. The fraction of sp³-hybridized carbons (Fsp3) is 0.353.